The number of piperidine rings is 1. The van der Waals surface area contributed by atoms with Gasteiger partial charge in [-0.1, -0.05) is 30.3 Å². The van der Waals surface area contributed by atoms with Gasteiger partial charge in [0.25, 0.3) is 0 Å². The van der Waals surface area contributed by atoms with E-state index in [0.29, 0.717) is 13.0 Å². The predicted octanol–water partition coefficient (Wildman–Crippen LogP) is 3.50. The first-order valence-electron chi connectivity index (χ1n) is 6.55. The first kappa shape index (κ1) is 14.6. The minimum atomic E-state index is -4.22. The van der Waals surface area contributed by atoms with E-state index in [0.717, 1.165) is 5.56 Å². The zero-order valence-electron chi connectivity index (χ0n) is 10.9. The Labute approximate surface area is 115 Å². The number of carbonyl (C=O) groups excluding carboxylic acids is 1. The fourth-order valence-electron chi connectivity index (χ4n) is 2.28. The van der Waals surface area contributed by atoms with Crippen molar-refractivity contribution < 1.29 is 18.0 Å². The predicted molar refractivity (Wildman–Crippen MR) is 70.8 cm³/mol. The Kier molecular flexibility index (Phi) is 4.47. The van der Waals surface area contributed by atoms with Crippen LogP contribution in [0.2, 0.25) is 0 Å². The summed E-state index contributed by atoms with van der Waals surface area (Å²) in [5.74, 6) is -1.76. The summed E-state index contributed by atoms with van der Waals surface area (Å²) in [6.07, 6.45) is -0.750. The molecule has 1 saturated heterocycles. The molecule has 0 unspecified atom stereocenters. The number of nitrogens with zero attached hydrogens (tertiary/aromatic N) is 1. The van der Waals surface area contributed by atoms with E-state index in [1.54, 1.807) is 6.08 Å². The molecule has 1 amide bonds. The van der Waals surface area contributed by atoms with Gasteiger partial charge in [0.15, 0.2) is 0 Å². The van der Waals surface area contributed by atoms with Gasteiger partial charge in [0, 0.05) is 19.2 Å². The number of benzene rings is 1. The third-order valence-electron chi connectivity index (χ3n) is 3.41. The van der Waals surface area contributed by atoms with Crippen molar-refractivity contribution in [2.45, 2.75) is 19.0 Å². The molecule has 0 saturated carbocycles. The summed E-state index contributed by atoms with van der Waals surface area (Å²) in [5.41, 5.74) is 0.852. The average molecular weight is 283 g/mol. The van der Waals surface area contributed by atoms with E-state index >= 15 is 0 Å². The zero-order valence-corrected chi connectivity index (χ0v) is 10.9. The van der Waals surface area contributed by atoms with Crippen molar-refractivity contribution >= 4 is 12.0 Å². The molecular weight excluding hydrogens is 267 g/mol. The van der Waals surface area contributed by atoms with Crippen molar-refractivity contribution in [1.29, 1.82) is 0 Å². The van der Waals surface area contributed by atoms with Crippen LogP contribution < -0.4 is 0 Å². The second kappa shape index (κ2) is 6.11. The average Bonchev–Trinajstić information content (AvgIpc) is 2.45. The molecule has 1 heterocycles. The van der Waals surface area contributed by atoms with Crippen LogP contribution >= 0.6 is 0 Å². The molecule has 0 N–H and O–H groups in total. The van der Waals surface area contributed by atoms with Crippen molar-refractivity contribution in [1.82, 2.24) is 4.90 Å². The summed E-state index contributed by atoms with van der Waals surface area (Å²) in [7, 11) is 0. The van der Waals surface area contributed by atoms with E-state index in [9.17, 15) is 18.0 Å². The van der Waals surface area contributed by atoms with E-state index in [2.05, 4.69) is 0 Å². The maximum absolute atomic E-state index is 12.7. The Morgan fingerprint density at radius 3 is 2.60 bits per heavy atom. The number of carbonyl (C=O) groups is 1. The summed E-state index contributed by atoms with van der Waals surface area (Å²) in [6.45, 7) is 0.159. The van der Waals surface area contributed by atoms with Crippen LogP contribution in [0.15, 0.2) is 36.4 Å². The van der Waals surface area contributed by atoms with E-state index in [1.807, 2.05) is 30.3 Å². The first-order chi connectivity index (χ1) is 9.47. The topological polar surface area (TPSA) is 20.3 Å². The number of likely N-dealkylation sites (tertiary alicyclic amines) is 1. The third-order valence-corrected chi connectivity index (χ3v) is 3.41. The number of amides is 1. The molecule has 2 nitrogen and oxygen atoms in total. The lowest BCUT2D eigenvalue weighted by molar-refractivity contribution is -0.187. The molecule has 0 radical (unpaired) electrons. The molecule has 2 rings (SSSR count). The summed E-state index contributed by atoms with van der Waals surface area (Å²) in [4.78, 5) is 13.2. The second-order valence-corrected chi connectivity index (χ2v) is 4.91. The highest BCUT2D eigenvalue weighted by atomic mass is 19.4. The third kappa shape index (κ3) is 3.85. The lowest BCUT2D eigenvalue weighted by Crippen LogP contribution is -2.44. The molecule has 1 atom stereocenters. The number of rotatable bonds is 2. The van der Waals surface area contributed by atoms with Gasteiger partial charge in [0.05, 0.1) is 5.92 Å². The highest BCUT2D eigenvalue weighted by Crippen LogP contribution is 2.33. The molecule has 1 aromatic carbocycles. The molecule has 1 aromatic rings. The van der Waals surface area contributed by atoms with Crippen LogP contribution in [0.1, 0.15) is 18.4 Å². The van der Waals surface area contributed by atoms with Crippen LogP contribution in [0.25, 0.3) is 6.08 Å². The first-order valence-corrected chi connectivity index (χ1v) is 6.55. The van der Waals surface area contributed by atoms with Gasteiger partial charge in [-0.15, -0.1) is 0 Å². The van der Waals surface area contributed by atoms with Gasteiger partial charge >= 0.3 is 6.18 Å². The van der Waals surface area contributed by atoms with Crippen molar-refractivity contribution in [2.24, 2.45) is 5.92 Å². The summed E-state index contributed by atoms with van der Waals surface area (Å²) in [5, 5.41) is 0. The molecule has 0 aliphatic carbocycles. The van der Waals surface area contributed by atoms with Crippen molar-refractivity contribution in [3.63, 3.8) is 0 Å². The molecule has 1 fully saturated rings. The lowest BCUT2D eigenvalue weighted by Gasteiger charge is -2.33. The fourth-order valence-corrected chi connectivity index (χ4v) is 2.28. The van der Waals surface area contributed by atoms with Gasteiger partial charge in [0.1, 0.15) is 0 Å². The van der Waals surface area contributed by atoms with Crippen LogP contribution in [0, 0.1) is 5.92 Å². The SMILES string of the molecule is O=C(/C=C/c1ccccc1)N1CCC[C@H](C(F)(F)F)C1. The molecule has 5 heteroatoms. The van der Waals surface area contributed by atoms with Gasteiger partial charge in [-0.25, -0.2) is 0 Å². The fraction of sp³-hybridized carbons (Fsp3) is 0.400. The minimum Gasteiger partial charge on any atom is -0.339 e. The van der Waals surface area contributed by atoms with E-state index in [1.165, 1.54) is 11.0 Å². The van der Waals surface area contributed by atoms with Crippen molar-refractivity contribution in [3.05, 3.63) is 42.0 Å². The number of hydrogen-bond acceptors (Lipinski definition) is 1. The molecule has 0 spiro atoms. The van der Waals surface area contributed by atoms with Crippen molar-refractivity contribution in [2.75, 3.05) is 13.1 Å². The van der Waals surface area contributed by atoms with Crippen LogP contribution in [0.3, 0.4) is 0 Å². The number of alkyl halides is 3. The number of hydrogen-bond donors (Lipinski definition) is 0. The molecule has 0 bridgehead atoms. The normalized spacial score (nSPS) is 20.4. The maximum atomic E-state index is 12.7. The maximum Gasteiger partial charge on any atom is 0.393 e. The molecule has 20 heavy (non-hydrogen) atoms. The van der Waals surface area contributed by atoms with Gasteiger partial charge in [-0.2, -0.15) is 13.2 Å². The molecule has 1 aliphatic rings. The summed E-state index contributed by atoms with van der Waals surface area (Å²) in [6, 6.07) is 9.20. The zero-order chi connectivity index (χ0) is 14.6. The van der Waals surface area contributed by atoms with E-state index in [-0.39, 0.29) is 18.9 Å². The second-order valence-electron chi connectivity index (χ2n) is 4.91. The Morgan fingerprint density at radius 2 is 1.95 bits per heavy atom. The van der Waals surface area contributed by atoms with Gasteiger partial charge in [0.2, 0.25) is 5.91 Å². The van der Waals surface area contributed by atoms with Crippen LogP contribution in [0.5, 0.6) is 0 Å². The Bertz CT molecular complexity index is 482. The Hall–Kier alpha value is -1.78. The number of halogens is 3. The molecular formula is C15H16F3NO. The van der Waals surface area contributed by atoms with E-state index in [4.69, 9.17) is 0 Å². The Balaban J connectivity index is 1.97. The highest BCUT2D eigenvalue weighted by Gasteiger charge is 2.42. The summed E-state index contributed by atoms with van der Waals surface area (Å²) >= 11 is 0. The summed E-state index contributed by atoms with van der Waals surface area (Å²) < 4.78 is 38.0. The smallest absolute Gasteiger partial charge is 0.339 e. The quantitative estimate of drug-likeness (QED) is 0.761. The monoisotopic (exact) mass is 283 g/mol. The molecule has 0 aromatic heterocycles. The molecule has 1 aliphatic heterocycles. The van der Waals surface area contributed by atoms with Crippen LogP contribution in [0.4, 0.5) is 13.2 Å². The largest absolute Gasteiger partial charge is 0.393 e. The Morgan fingerprint density at radius 1 is 1.25 bits per heavy atom. The van der Waals surface area contributed by atoms with Gasteiger partial charge in [-0.3, -0.25) is 4.79 Å². The molecule has 108 valence electrons. The van der Waals surface area contributed by atoms with Gasteiger partial charge < -0.3 is 4.90 Å². The lowest BCUT2D eigenvalue weighted by atomic mass is 9.97. The van der Waals surface area contributed by atoms with Gasteiger partial charge in [-0.05, 0) is 24.5 Å². The minimum absolute atomic E-state index is 0.107. The van der Waals surface area contributed by atoms with Crippen molar-refractivity contribution in [3.8, 4) is 0 Å². The van der Waals surface area contributed by atoms with Crippen LogP contribution in [-0.4, -0.2) is 30.1 Å². The van der Waals surface area contributed by atoms with Crippen LogP contribution in [-0.2, 0) is 4.79 Å². The van der Waals surface area contributed by atoms with E-state index < -0.39 is 12.1 Å². The highest BCUT2D eigenvalue weighted by molar-refractivity contribution is 5.91. The standard InChI is InChI=1S/C15H16F3NO/c16-15(17,18)13-7-4-10-19(11-13)14(20)9-8-12-5-2-1-3-6-12/h1-3,5-6,8-9,13H,4,7,10-11H2/b9-8+/t13-/m0/s1.